The minimum Gasteiger partial charge on any atom is -0.362 e. The molecule has 0 aliphatic carbocycles. The molecule has 1 saturated heterocycles. The van der Waals surface area contributed by atoms with Crippen molar-refractivity contribution in [3.63, 3.8) is 0 Å². The molecule has 0 atom stereocenters. The zero-order valence-electron chi connectivity index (χ0n) is 8.18. The smallest absolute Gasteiger partial charge is 0.265 e. The molecule has 2 amide bonds. The van der Waals surface area contributed by atoms with Crippen LogP contribution in [0.4, 0.5) is 4.39 Å². The molecule has 6 heteroatoms. The summed E-state index contributed by atoms with van der Waals surface area (Å²) in [6.45, 7) is -0.291. The molecule has 1 aromatic rings. The van der Waals surface area contributed by atoms with E-state index in [1.165, 1.54) is 12.1 Å². The molecule has 0 spiro atoms. The Morgan fingerprint density at radius 1 is 1.19 bits per heavy atom. The Hall–Kier alpha value is -1.40. The summed E-state index contributed by atoms with van der Waals surface area (Å²) >= 11 is 0.787. The van der Waals surface area contributed by atoms with Crippen molar-refractivity contribution in [2.24, 2.45) is 0 Å². The number of carbonyl (C=O) groups excluding carboxylic acids is 2. The fraction of sp³-hybridized carbons (Fsp3) is 0.200. The van der Waals surface area contributed by atoms with Gasteiger partial charge in [-0.05, 0) is 12.1 Å². The van der Waals surface area contributed by atoms with Crippen molar-refractivity contribution in [3.05, 3.63) is 30.1 Å². The SMILES string of the molecule is O=C1COCC(=O)N1Sc1ccccc1F. The van der Waals surface area contributed by atoms with E-state index in [-0.39, 0.29) is 18.1 Å². The van der Waals surface area contributed by atoms with Crippen molar-refractivity contribution >= 4 is 23.8 Å². The van der Waals surface area contributed by atoms with Crippen molar-refractivity contribution in [2.45, 2.75) is 4.90 Å². The van der Waals surface area contributed by atoms with Gasteiger partial charge in [0.05, 0.1) is 4.90 Å². The molecule has 1 heterocycles. The highest BCUT2D eigenvalue weighted by atomic mass is 32.2. The zero-order chi connectivity index (χ0) is 11.5. The quantitative estimate of drug-likeness (QED) is 0.577. The largest absolute Gasteiger partial charge is 0.362 e. The normalized spacial score (nSPS) is 16.7. The van der Waals surface area contributed by atoms with Crippen LogP contribution in [0.1, 0.15) is 0 Å². The van der Waals surface area contributed by atoms with Gasteiger partial charge in [-0.3, -0.25) is 9.59 Å². The van der Waals surface area contributed by atoms with Crippen LogP contribution in [0.2, 0.25) is 0 Å². The molecule has 4 nitrogen and oxygen atoms in total. The van der Waals surface area contributed by atoms with Crippen LogP contribution in [-0.2, 0) is 14.3 Å². The first-order chi connectivity index (χ1) is 7.68. The van der Waals surface area contributed by atoms with Crippen LogP contribution >= 0.6 is 11.9 Å². The van der Waals surface area contributed by atoms with Crippen LogP contribution in [0.5, 0.6) is 0 Å². The topological polar surface area (TPSA) is 46.6 Å². The second-order valence-corrected chi connectivity index (χ2v) is 4.08. The number of amides is 2. The van der Waals surface area contributed by atoms with Gasteiger partial charge in [-0.25, -0.2) is 8.70 Å². The number of benzene rings is 1. The molecule has 1 aliphatic heterocycles. The summed E-state index contributed by atoms with van der Waals surface area (Å²) in [5.74, 6) is -1.39. The summed E-state index contributed by atoms with van der Waals surface area (Å²) in [4.78, 5) is 23.0. The predicted octanol–water partition coefficient (Wildman–Crippen LogP) is 1.22. The van der Waals surface area contributed by atoms with E-state index in [1.54, 1.807) is 12.1 Å². The van der Waals surface area contributed by atoms with Gasteiger partial charge in [0.25, 0.3) is 11.8 Å². The van der Waals surface area contributed by atoms with Crippen LogP contribution in [0.25, 0.3) is 0 Å². The molecule has 0 bridgehead atoms. The van der Waals surface area contributed by atoms with Crippen molar-refractivity contribution in [1.82, 2.24) is 4.31 Å². The van der Waals surface area contributed by atoms with E-state index in [1.807, 2.05) is 0 Å². The standard InChI is InChI=1S/C10H8FNO3S/c11-7-3-1-2-4-8(7)16-12-9(13)5-15-6-10(12)14/h1-4H,5-6H2. The Morgan fingerprint density at radius 3 is 2.44 bits per heavy atom. The van der Waals surface area contributed by atoms with Crippen molar-refractivity contribution in [1.29, 1.82) is 0 Å². The molecule has 0 aromatic heterocycles. The van der Waals surface area contributed by atoms with Gasteiger partial charge in [0, 0.05) is 11.9 Å². The molecule has 0 N–H and O–H groups in total. The molecule has 16 heavy (non-hydrogen) atoms. The Labute approximate surface area is 95.5 Å². The van der Waals surface area contributed by atoms with E-state index >= 15 is 0 Å². The second-order valence-electron chi connectivity index (χ2n) is 3.10. The number of nitrogens with zero attached hydrogens (tertiary/aromatic N) is 1. The third-order valence-electron chi connectivity index (χ3n) is 1.93. The molecule has 1 aromatic carbocycles. The van der Waals surface area contributed by atoms with E-state index in [0.717, 1.165) is 16.3 Å². The highest BCUT2D eigenvalue weighted by Gasteiger charge is 2.28. The molecule has 84 valence electrons. The number of halogens is 1. The van der Waals surface area contributed by atoms with Crippen LogP contribution < -0.4 is 0 Å². The molecule has 0 unspecified atom stereocenters. The van der Waals surface area contributed by atoms with Crippen molar-refractivity contribution in [3.8, 4) is 0 Å². The summed E-state index contributed by atoms with van der Waals surface area (Å²) in [5.41, 5.74) is 0. The lowest BCUT2D eigenvalue weighted by Crippen LogP contribution is -2.41. The molecular formula is C10H8FNO3S. The van der Waals surface area contributed by atoms with Gasteiger partial charge in [0.2, 0.25) is 0 Å². The Balaban J connectivity index is 2.17. The lowest BCUT2D eigenvalue weighted by atomic mass is 10.4. The molecular weight excluding hydrogens is 233 g/mol. The number of hydrogen-bond donors (Lipinski definition) is 0. The zero-order valence-corrected chi connectivity index (χ0v) is 9.00. The number of hydrogen-bond acceptors (Lipinski definition) is 4. The third-order valence-corrected chi connectivity index (χ3v) is 3.05. The van der Waals surface area contributed by atoms with E-state index in [2.05, 4.69) is 0 Å². The number of morpholine rings is 1. The summed E-state index contributed by atoms with van der Waals surface area (Å²) in [7, 11) is 0. The predicted molar refractivity (Wildman–Crippen MR) is 54.9 cm³/mol. The van der Waals surface area contributed by atoms with Gasteiger partial charge < -0.3 is 4.74 Å². The Kier molecular flexibility index (Phi) is 3.21. The number of ether oxygens (including phenoxy) is 1. The second kappa shape index (κ2) is 4.63. The highest BCUT2D eigenvalue weighted by Crippen LogP contribution is 2.26. The summed E-state index contributed by atoms with van der Waals surface area (Å²) in [6.07, 6.45) is 0. The number of imide groups is 1. The Bertz CT molecular complexity index is 422. The van der Waals surface area contributed by atoms with Crippen LogP contribution in [0.3, 0.4) is 0 Å². The molecule has 2 rings (SSSR count). The van der Waals surface area contributed by atoms with E-state index in [9.17, 15) is 14.0 Å². The Morgan fingerprint density at radius 2 is 1.81 bits per heavy atom. The highest BCUT2D eigenvalue weighted by molar-refractivity contribution is 7.98. The molecule has 1 aliphatic rings. The minimum atomic E-state index is -0.468. The summed E-state index contributed by atoms with van der Waals surface area (Å²) in [6, 6.07) is 5.97. The van der Waals surface area contributed by atoms with Gasteiger partial charge in [-0.1, -0.05) is 12.1 Å². The lowest BCUT2D eigenvalue weighted by molar-refractivity contribution is -0.150. The van der Waals surface area contributed by atoms with Crippen molar-refractivity contribution in [2.75, 3.05) is 13.2 Å². The monoisotopic (exact) mass is 241 g/mol. The summed E-state index contributed by atoms with van der Waals surface area (Å²) in [5, 5.41) is 0. The molecule has 0 saturated carbocycles. The first-order valence-electron chi connectivity index (χ1n) is 4.54. The van der Waals surface area contributed by atoms with Gasteiger partial charge >= 0.3 is 0 Å². The van der Waals surface area contributed by atoms with Gasteiger partial charge in [0.1, 0.15) is 19.0 Å². The van der Waals surface area contributed by atoms with E-state index in [4.69, 9.17) is 4.74 Å². The van der Waals surface area contributed by atoms with Crippen LogP contribution in [-0.4, -0.2) is 29.3 Å². The van der Waals surface area contributed by atoms with Gasteiger partial charge in [0.15, 0.2) is 0 Å². The fourth-order valence-corrected chi connectivity index (χ4v) is 2.00. The maximum Gasteiger partial charge on any atom is 0.265 e. The average Bonchev–Trinajstić information content (AvgIpc) is 2.26. The van der Waals surface area contributed by atoms with Crippen molar-refractivity contribution < 1.29 is 18.7 Å². The van der Waals surface area contributed by atoms with Gasteiger partial charge in [-0.2, -0.15) is 0 Å². The first kappa shape index (κ1) is 11.1. The van der Waals surface area contributed by atoms with Crippen LogP contribution in [0.15, 0.2) is 29.2 Å². The molecule has 1 fully saturated rings. The molecule has 0 radical (unpaired) electrons. The maximum atomic E-state index is 13.3. The van der Waals surface area contributed by atoms with Crippen LogP contribution in [0, 0.1) is 5.82 Å². The third kappa shape index (κ3) is 2.23. The summed E-state index contributed by atoms with van der Waals surface area (Å²) < 4.78 is 19.0. The van der Waals surface area contributed by atoms with E-state index < -0.39 is 17.6 Å². The average molecular weight is 241 g/mol. The maximum absolute atomic E-state index is 13.3. The number of carbonyl (C=O) groups is 2. The first-order valence-corrected chi connectivity index (χ1v) is 5.32. The van der Waals surface area contributed by atoms with Gasteiger partial charge in [-0.15, -0.1) is 0 Å². The lowest BCUT2D eigenvalue weighted by Gasteiger charge is -2.23. The number of rotatable bonds is 2. The fourth-order valence-electron chi connectivity index (χ4n) is 1.20. The van der Waals surface area contributed by atoms with E-state index in [0.29, 0.717) is 0 Å². The minimum absolute atomic E-state index is 0.146.